The van der Waals surface area contributed by atoms with Crippen LogP contribution in [0.1, 0.15) is 19.3 Å². The normalized spacial score (nSPS) is 45.0. The zero-order valence-electron chi connectivity index (χ0n) is 5.27. The summed E-state index contributed by atoms with van der Waals surface area (Å²) in [6.07, 6.45) is 4.46. The number of hydrogen-bond acceptors (Lipinski definition) is 1. The van der Waals surface area contributed by atoms with Gasteiger partial charge in [-0.25, -0.2) is 0 Å². The lowest BCUT2D eigenvalue weighted by molar-refractivity contribution is 0.270. The number of nitrogens with zero attached hydrogens (tertiary/aromatic N) is 1. The average Bonchev–Trinajstić information content (AvgIpc) is 2.12. The van der Waals surface area contributed by atoms with E-state index >= 15 is 0 Å². The van der Waals surface area contributed by atoms with Crippen molar-refractivity contribution in [1.82, 2.24) is 4.90 Å². The van der Waals surface area contributed by atoms with Crippen molar-refractivity contribution in [3.05, 3.63) is 0 Å². The zero-order valence-corrected chi connectivity index (χ0v) is 5.27. The molecule has 2 atom stereocenters. The molecule has 0 amide bonds. The fraction of sp³-hybridized carbons (Fsp3) is 1.00. The van der Waals surface area contributed by atoms with E-state index in [9.17, 15) is 0 Å². The van der Waals surface area contributed by atoms with E-state index in [1.165, 1.54) is 38.9 Å². The first kappa shape index (κ1) is 4.80. The first-order valence-electron chi connectivity index (χ1n) is 3.67. The number of hydrogen-bond donors (Lipinski definition) is 0. The van der Waals surface area contributed by atoms with Gasteiger partial charge in [-0.05, 0) is 38.3 Å². The van der Waals surface area contributed by atoms with Crippen molar-refractivity contribution in [2.75, 3.05) is 19.6 Å². The molecule has 2 aliphatic heterocycles. The van der Waals surface area contributed by atoms with Crippen LogP contribution in [-0.4, -0.2) is 24.5 Å². The van der Waals surface area contributed by atoms with Crippen LogP contribution >= 0.6 is 0 Å². The van der Waals surface area contributed by atoms with Crippen molar-refractivity contribution in [2.24, 2.45) is 5.92 Å². The van der Waals surface area contributed by atoms with E-state index in [0.717, 1.165) is 5.92 Å². The SMILES string of the molecule is C1C[C@H]2CCN(C1)C2. The number of fused-ring (bicyclic) bond motifs is 2. The molecule has 1 nitrogen and oxygen atoms in total. The number of rotatable bonds is 0. The quantitative estimate of drug-likeness (QED) is 0.452. The molecule has 2 saturated heterocycles. The van der Waals surface area contributed by atoms with Crippen molar-refractivity contribution in [3.8, 4) is 0 Å². The van der Waals surface area contributed by atoms with E-state index in [4.69, 9.17) is 0 Å². The molecule has 1 unspecified atom stereocenters. The second kappa shape index (κ2) is 1.73. The second-order valence-corrected chi connectivity index (χ2v) is 3.10. The third-order valence-corrected chi connectivity index (χ3v) is 2.46. The van der Waals surface area contributed by atoms with Gasteiger partial charge in [0.05, 0.1) is 0 Å². The molecule has 2 fully saturated rings. The monoisotopic (exact) mass is 111 g/mol. The van der Waals surface area contributed by atoms with E-state index in [1.54, 1.807) is 0 Å². The van der Waals surface area contributed by atoms with E-state index in [0.29, 0.717) is 0 Å². The summed E-state index contributed by atoms with van der Waals surface area (Å²) in [7, 11) is 0. The predicted octanol–water partition coefficient (Wildman–Crippen LogP) is 1.10. The third kappa shape index (κ3) is 0.655. The Hall–Kier alpha value is -0.0400. The van der Waals surface area contributed by atoms with Gasteiger partial charge in [-0.3, -0.25) is 0 Å². The number of piperidine rings is 1. The molecule has 0 aromatic heterocycles. The Morgan fingerprint density at radius 3 is 2.88 bits per heavy atom. The zero-order chi connectivity index (χ0) is 5.40. The standard InChI is InChI=1S/C7H13N/c1-2-7-3-5-8(4-1)6-7/h7H,1-6H2/t7-/m0/s1. The molecule has 0 saturated carbocycles. The smallest absolute Gasteiger partial charge is 0.00101 e. The first-order valence-corrected chi connectivity index (χ1v) is 3.67. The van der Waals surface area contributed by atoms with E-state index in [-0.39, 0.29) is 0 Å². The van der Waals surface area contributed by atoms with Gasteiger partial charge in [0, 0.05) is 6.54 Å². The molecule has 8 heavy (non-hydrogen) atoms. The van der Waals surface area contributed by atoms with Gasteiger partial charge in [0.25, 0.3) is 0 Å². The highest BCUT2D eigenvalue weighted by atomic mass is 15.1. The molecule has 2 heterocycles. The maximum atomic E-state index is 2.59. The Balaban J connectivity index is 2.03. The highest BCUT2D eigenvalue weighted by molar-refractivity contribution is 4.79. The Bertz CT molecular complexity index is 76.4. The average molecular weight is 111 g/mol. The Morgan fingerprint density at radius 1 is 1.12 bits per heavy atom. The molecule has 0 aromatic rings. The summed E-state index contributed by atoms with van der Waals surface area (Å²) in [4.78, 5) is 2.59. The summed E-state index contributed by atoms with van der Waals surface area (Å²) in [6, 6.07) is 0. The maximum Gasteiger partial charge on any atom is 0.00101 e. The second-order valence-electron chi connectivity index (χ2n) is 3.10. The first-order chi connectivity index (χ1) is 3.95. The molecule has 46 valence electrons. The van der Waals surface area contributed by atoms with Gasteiger partial charge in [-0.15, -0.1) is 0 Å². The fourth-order valence-electron chi connectivity index (χ4n) is 1.96. The lowest BCUT2D eigenvalue weighted by Gasteiger charge is -2.20. The summed E-state index contributed by atoms with van der Waals surface area (Å²) >= 11 is 0. The summed E-state index contributed by atoms with van der Waals surface area (Å²) in [6.45, 7) is 4.20. The minimum atomic E-state index is 1.09. The van der Waals surface area contributed by atoms with Crippen LogP contribution in [0.15, 0.2) is 0 Å². The van der Waals surface area contributed by atoms with Crippen molar-refractivity contribution in [1.29, 1.82) is 0 Å². The van der Waals surface area contributed by atoms with Crippen LogP contribution in [0.5, 0.6) is 0 Å². The highest BCUT2D eigenvalue weighted by Gasteiger charge is 2.25. The summed E-state index contributed by atoms with van der Waals surface area (Å²) in [5.41, 5.74) is 0. The summed E-state index contributed by atoms with van der Waals surface area (Å²) < 4.78 is 0. The maximum absolute atomic E-state index is 2.59. The Morgan fingerprint density at radius 2 is 2.12 bits per heavy atom. The predicted molar refractivity (Wildman–Crippen MR) is 33.8 cm³/mol. The topological polar surface area (TPSA) is 3.24 Å². The van der Waals surface area contributed by atoms with Crippen LogP contribution in [0.2, 0.25) is 0 Å². The molecule has 0 radical (unpaired) electrons. The van der Waals surface area contributed by atoms with E-state index < -0.39 is 0 Å². The molecule has 2 bridgehead atoms. The molecule has 0 aliphatic carbocycles. The van der Waals surface area contributed by atoms with Crippen molar-refractivity contribution in [3.63, 3.8) is 0 Å². The van der Waals surface area contributed by atoms with Crippen molar-refractivity contribution < 1.29 is 0 Å². The molecule has 2 rings (SSSR count). The van der Waals surface area contributed by atoms with Crippen LogP contribution in [-0.2, 0) is 0 Å². The van der Waals surface area contributed by atoms with Gasteiger partial charge >= 0.3 is 0 Å². The molecule has 0 spiro atoms. The van der Waals surface area contributed by atoms with E-state index in [1.807, 2.05) is 0 Å². The van der Waals surface area contributed by atoms with Gasteiger partial charge in [-0.1, -0.05) is 0 Å². The van der Waals surface area contributed by atoms with Gasteiger partial charge in [-0.2, -0.15) is 0 Å². The lowest BCUT2D eigenvalue weighted by Crippen LogP contribution is -2.25. The highest BCUT2D eigenvalue weighted by Crippen LogP contribution is 2.25. The van der Waals surface area contributed by atoms with Crippen LogP contribution < -0.4 is 0 Å². The van der Waals surface area contributed by atoms with Crippen molar-refractivity contribution in [2.45, 2.75) is 19.3 Å². The minimum Gasteiger partial charge on any atom is -0.303 e. The van der Waals surface area contributed by atoms with Gasteiger partial charge in [0.1, 0.15) is 0 Å². The van der Waals surface area contributed by atoms with Gasteiger partial charge < -0.3 is 4.90 Å². The Labute approximate surface area is 50.7 Å². The largest absolute Gasteiger partial charge is 0.303 e. The molecule has 0 aromatic carbocycles. The fourth-order valence-corrected chi connectivity index (χ4v) is 1.96. The molecular weight excluding hydrogens is 98.1 g/mol. The molecule has 0 N–H and O–H groups in total. The summed E-state index contributed by atoms with van der Waals surface area (Å²) in [5, 5.41) is 0. The lowest BCUT2D eigenvalue weighted by atomic mass is 10.0. The van der Waals surface area contributed by atoms with E-state index in [2.05, 4.69) is 4.90 Å². The molecular formula is C7H13N. The van der Waals surface area contributed by atoms with Crippen LogP contribution in [0.4, 0.5) is 0 Å². The third-order valence-electron chi connectivity index (χ3n) is 2.46. The molecule has 2 aliphatic rings. The van der Waals surface area contributed by atoms with Crippen LogP contribution in [0.3, 0.4) is 0 Å². The van der Waals surface area contributed by atoms with Crippen LogP contribution in [0, 0.1) is 5.92 Å². The van der Waals surface area contributed by atoms with Crippen molar-refractivity contribution >= 4 is 0 Å². The van der Waals surface area contributed by atoms with Gasteiger partial charge in [0.2, 0.25) is 0 Å². The molecule has 1 heteroatoms. The summed E-state index contributed by atoms with van der Waals surface area (Å²) in [5.74, 6) is 1.09. The van der Waals surface area contributed by atoms with Crippen LogP contribution in [0.25, 0.3) is 0 Å². The minimum absolute atomic E-state index is 1.09. The Kier molecular flexibility index (Phi) is 1.04. The van der Waals surface area contributed by atoms with Gasteiger partial charge in [0.15, 0.2) is 0 Å².